The van der Waals surface area contributed by atoms with Gasteiger partial charge in [-0.15, -0.1) is 0 Å². The molecule has 6 nitrogen and oxygen atoms in total. The van der Waals surface area contributed by atoms with Crippen LogP contribution in [0.1, 0.15) is 31.9 Å². The number of carboxylic acid groups (broad SMARTS) is 1. The summed E-state index contributed by atoms with van der Waals surface area (Å²) in [5, 5.41) is 11.8. The molecule has 2 aromatic heterocycles. The van der Waals surface area contributed by atoms with Crippen LogP contribution in [-0.4, -0.2) is 32.1 Å². The van der Waals surface area contributed by atoms with E-state index in [0.717, 1.165) is 6.42 Å². The molecule has 0 aromatic carbocycles. The first kappa shape index (κ1) is 18.6. The predicted molar refractivity (Wildman–Crippen MR) is 84.8 cm³/mol. The van der Waals surface area contributed by atoms with Crippen molar-refractivity contribution in [2.24, 2.45) is 0 Å². The van der Waals surface area contributed by atoms with Gasteiger partial charge < -0.3 is 10.4 Å². The van der Waals surface area contributed by atoms with Gasteiger partial charge in [0, 0.05) is 24.0 Å². The van der Waals surface area contributed by atoms with E-state index in [4.69, 9.17) is 0 Å². The molecule has 2 rings (SSSR count). The smallest absolute Gasteiger partial charge is 0.433 e. The number of halogens is 3. The maximum atomic E-state index is 13.1. The molecule has 0 fully saturated rings. The normalized spacial score (nSPS) is 12.6. The number of aromatic nitrogens is 3. The number of hydrogen-bond acceptors (Lipinski definition) is 5. The van der Waals surface area contributed by atoms with E-state index in [0.29, 0.717) is 18.1 Å². The number of aliphatic carboxylic acids is 1. The minimum absolute atomic E-state index is 0.176. The van der Waals surface area contributed by atoms with Crippen LogP contribution < -0.4 is 5.32 Å². The molecule has 2 aromatic rings. The van der Waals surface area contributed by atoms with Crippen molar-refractivity contribution < 1.29 is 23.1 Å². The van der Waals surface area contributed by atoms with Gasteiger partial charge in [0.25, 0.3) is 0 Å². The third-order valence-electron chi connectivity index (χ3n) is 3.40. The summed E-state index contributed by atoms with van der Waals surface area (Å²) in [6.45, 7) is 1.89. The van der Waals surface area contributed by atoms with E-state index in [9.17, 15) is 23.1 Å². The molecule has 0 amide bonds. The Kier molecular flexibility index (Phi) is 5.89. The van der Waals surface area contributed by atoms with Crippen molar-refractivity contribution in [3.05, 3.63) is 36.3 Å². The molecular formula is C16H17F3N4O2. The van der Waals surface area contributed by atoms with Gasteiger partial charge in [-0.3, -0.25) is 4.98 Å². The van der Waals surface area contributed by atoms with E-state index in [2.05, 4.69) is 20.3 Å². The number of alkyl halides is 3. The third kappa shape index (κ3) is 5.13. The van der Waals surface area contributed by atoms with E-state index >= 15 is 0 Å². The van der Waals surface area contributed by atoms with Crippen molar-refractivity contribution >= 4 is 11.8 Å². The standard InChI is InChI=1S/C16H17F3N4O2/c1-2-3-6-11(15(24)25)21-13-8-12(16(17,18)19)22-14(23-13)10-5-4-7-20-9-10/h4-5,7-9,11H,2-3,6H2,1H3,(H,24,25)(H,21,22,23)/t11-/m0/s1. The summed E-state index contributed by atoms with van der Waals surface area (Å²) < 4.78 is 39.3. The lowest BCUT2D eigenvalue weighted by atomic mass is 10.1. The molecule has 0 bridgehead atoms. The summed E-state index contributed by atoms with van der Waals surface area (Å²) in [4.78, 5) is 22.7. The van der Waals surface area contributed by atoms with Gasteiger partial charge in [-0.2, -0.15) is 13.2 Å². The second-order valence-electron chi connectivity index (χ2n) is 5.38. The summed E-state index contributed by atoms with van der Waals surface area (Å²) in [6, 6.07) is 2.75. The van der Waals surface area contributed by atoms with Crippen LogP contribution in [0, 0.1) is 0 Å². The van der Waals surface area contributed by atoms with Gasteiger partial charge in [0.05, 0.1) is 0 Å². The fraction of sp³-hybridized carbons (Fsp3) is 0.375. The minimum Gasteiger partial charge on any atom is -0.480 e. The van der Waals surface area contributed by atoms with Crippen LogP contribution in [0.2, 0.25) is 0 Å². The van der Waals surface area contributed by atoms with Crippen LogP contribution in [0.3, 0.4) is 0 Å². The molecule has 0 aliphatic carbocycles. The van der Waals surface area contributed by atoms with Crippen molar-refractivity contribution in [1.82, 2.24) is 15.0 Å². The molecule has 9 heteroatoms. The fourth-order valence-electron chi connectivity index (χ4n) is 2.13. The fourth-order valence-corrected chi connectivity index (χ4v) is 2.13. The number of nitrogens with zero attached hydrogens (tertiary/aromatic N) is 3. The van der Waals surface area contributed by atoms with Gasteiger partial charge in [0.1, 0.15) is 11.9 Å². The Hall–Kier alpha value is -2.71. The zero-order chi connectivity index (χ0) is 18.4. The molecule has 0 saturated carbocycles. The van der Waals surface area contributed by atoms with Crippen molar-refractivity contribution in [3.63, 3.8) is 0 Å². The molecule has 2 N–H and O–H groups in total. The highest BCUT2D eigenvalue weighted by atomic mass is 19.4. The lowest BCUT2D eigenvalue weighted by Gasteiger charge is -2.16. The molecular weight excluding hydrogens is 337 g/mol. The number of carbonyl (C=O) groups is 1. The Balaban J connectivity index is 2.41. The second-order valence-corrected chi connectivity index (χ2v) is 5.38. The van der Waals surface area contributed by atoms with Crippen LogP contribution in [0.25, 0.3) is 11.4 Å². The monoisotopic (exact) mass is 354 g/mol. The zero-order valence-electron chi connectivity index (χ0n) is 13.4. The van der Waals surface area contributed by atoms with Gasteiger partial charge in [0.15, 0.2) is 11.5 Å². The highest BCUT2D eigenvalue weighted by molar-refractivity contribution is 5.77. The van der Waals surface area contributed by atoms with Crippen LogP contribution >= 0.6 is 0 Å². The lowest BCUT2D eigenvalue weighted by molar-refractivity contribution is -0.141. The Morgan fingerprint density at radius 1 is 1.36 bits per heavy atom. The maximum absolute atomic E-state index is 13.1. The molecule has 0 radical (unpaired) electrons. The first-order chi connectivity index (χ1) is 11.8. The number of carboxylic acids is 1. The van der Waals surface area contributed by atoms with E-state index in [-0.39, 0.29) is 18.1 Å². The van der Waals surface area contributed by atoms with Gasteiger partial charge in [0.2, 0.25) is 0 Å². The molecule has 2 heterocycles. The topological polar surface area (TPSA) is 88.0 Å². The van der Waals surface area contributed by atoms with Crippen molar-refractivity contribution in [1.29, 1.82) is 0 Å². The van der Waals surface area contributed by atoms with E-state index < -0.39 is 23.9 Å². The Bertz CT molecular complexity index is 723. The number of nitrogens with one attached hydrogen (secondary N) is 1. The van der Waals surface area contributed by atoms with E-state index in [1.807, 2.05) is 6.92 Å². The highest BCUT2D eigenvalue weighted by Gasteiger charge is 2.34. The number of anilines is 1. The largest absolute Gasteiger partial charge is 0.480 e. The number of rotatable bonds is 7. The molecule has 0 spiro atoms. The molecule has 134 valence electrons. The minimum atomic E-state index is -4.68. The maximum Gasteiger partial charge on any atom is 0.433 e. The lowest BCUT2D eigenvalue weighted by Crippen LogP contribution is -2.30. The SMILES string of the molecule is CCCC[C@H](Nc1cc(C(F)(F)F)nc(-c2cccnc2)n1)C(=O)O. The average molecular weight is 354 g/mol. The van der Waals surface area contributed by atoms with Gasteiger partial charge in [-0.05, 0) is 18.6 Å². The number of pyridine rings is 1. The van der Waals surface area contributed by atoms with Crippen LogP contribution in [0.15, 0.2) is 30.6 Å². The van der Waals surface area contributed by atoms with Crippen LogP contribution in [-0.2, 0) is 11.0 Å². The second kappa shape index (κ2) is 7.91. The highest BCUT2D eigenvalue weighted by Crippen LogP contribution is 2.30. The summed E-state index contributed by atoms with van der Waals surface area (Å²) in [6.07, 6.45) is -0.203. The molecule has 0 saturated heterocycles. The number of hydrogen-bond donors (Lipinski definition) is 2. The van der Waals surface area contributed by atoms with Gasteiger partial charge >= 0.3 is 12.1 Å². The molecule has 0 aliphatic rings. The molecule has 25 heavy (non-hydrogen) atoms. The Morgan fingerprint density at radius 2 is 2.12 bits per heavy atom. The summed E-state index contributed by atoms with van der Waals surface area (Å²) in [5.74, 6) is -1.52. The quantitative estimate of drug-likeness (QED) is 0.790. The molecule has 0 unspecified atom stereocenters. The predicted octanol–water partition coefficient (Wildman–Crippen LogP) is 3.61. The first-order valence-corrected chi connectivity index (χ1v) is 7.67. The van der Waals surface area contributed by atoms with Gasteiger partial charge in [-0.25, -0.2) is 14.8 Å². The summed E-state index contributed by atoms with van der Waals surface area (Å²) in [5.41, 5.74) is -0.847. The van der Waals surface area contributed by atoms with E-state index in [1.165, 1.54) is 18.5 Å². The summed E-state index contributed by atoms with van der Waals surface area (Å²) >= 11 is 0. The Labute approximate surface area is 142 Å². The first-order valence-electron chi connectivity index (χ1n) is 7.67. The Morgan fingerprint density at radius 3 is 2.68 bits per heavy atom. The van der Waals surface area contributed by atoms with E-state index in [1.54, 1.807) is 6.07 Å². The number of unbranched alkanes of at least 4 members (excludes halogenated alkanes) is 1. The zero-order valence-corrected chi connectivity index (χ0v) is 13.4. The van der Waals surface area contributed by atoms with Crippen LogP contribution in [0.4, 0.5) is 19.0 Å². The average Bonchev–Trinajstić information content (AvgIpc) is 2.58. The summed E-state index contributed by atoms with van der Waals surface area (Å²) in [7, 11) is 0. The van der Waals surface area contributed by atoms with Gasteiger partial charge in [-0.1, -0.05) is 19.8 Å². The van der Waals surface area contributed by atoms with Crippen molar-refractivity contribution in [2.45, 2.75) is 38.4 Å². The molecule has 1 atom stereocenters. The molecule has 0 aliphatic heterocycles. The third-order valence-corrected chi connectivity index (χ3v) is 3.40. The van der Waals surface area contributed by atoms with Crippen molar-refractivity contribution in [3.8, 4) is 11.4 Å². The van der Waals surface area contributed by atoms with Crippen molar-refractivity contribution in [2.75, 3.05) is 5.32 Å². The van der Waals surface area contributed by atoms with Crippen LogP contribution in [0.5, 0.6) is 0 Å².